The van der Waals surface area contributed by atoms with Crippen LogP contribution in [0.5, 0.6) is 0 Å². The lowest BCUT2D eigenvalue weighted by molar-refractivity contribution is -0.122. The standard InChI is InChI=1S/C25H16Cl2F2N2O2/c1-12-5-6-15(28)8-16(12)23-25(18-9-20(29)19(27)11-21(18)30-24(25)33)17(10-22(32)31-23)13-3-2-4-14(26)7-13/h2-11,23H,1H3,(H,30,33)(H,31,32). The summed E-state index contributed by atoms with van der Waals surface area (Å²) in [7, 11) is 0. The van der Waals surface area contributed by atoms with Crippen LogP contribution in [0.2, 0.25) is 10.0 Å². The highest BCUT2D eigenvalue weighted by Crippen LogP contribution is 2.56. The van der Waals surface area contributed by atoms with E-state index in [9.17, 15) is 18.4 Å². The topological polar surface area (TPSA) is 58.2 Å². The molecule has 0 saturated heterocycles. The van der Waals surface area contributed by atoms with Crippen molar-refractivity contribution in [1.82, 2.24) is 5.32 Å². The Bertz CT molecular complexity index is 1390. The van der Waals surface area contributed by atoms with E-state index in [1.54, 1.807) is 37.3 Å². The smallest absolute Gasteiger partial charge is 0.244 e. The molecule has 0 fully saturated rings. The number of hydrogen-bond donors (Lipinski definition) is 2. The number of halogens is 4. The number of carbonyl (C=O) groups excluding carboxylic acids is 2. The maximum Gasteiger partial charge on any atom is 0.244 e. The van der Waals surface area contributed by atoms with E-state index in [4.69, 9.17) is 23.2 Å². The van der Waals surface area contributed by atoms with Crippen LogP contribution in [0.3, 0.4) is 0 Å². The fraction of sp³-hybridized carbons (Fsp3) is 0.120. The molecule has 2 N–H and O–H groups in total. The molecule has 166 valence electrons. The number of benzene rings is 3. The van der Waals surface area contributed by atoms with Gasteiger partial charge in [0.1, 0.15) is 17.0 Å². The minimum atomic E-state index is -1.60. The van der Waals surface area contributed by atoms with Gasteiger partial charge >= 0.3 is 0 Å². The highest BCUT2D eigenvalue weighted by Gasteiger charge is 2.58. The molecule has 0 bridgehead atoms. The van der Waals surface area contributed by atoms with E-state index in [-0.39, 0.29) is 10.6 Å². The predicted octanol–water partition coefficient (Wildman–Crippen LogP) is 5.72. The highest BCUT2D eigenvalue weighted by molar-refractivity contribution is 6.32. The first-order chi connectivity index (χ1) is 15.7. The SMILES string of the molecule is Cc1ccc(F)cc1C1NC(=O)C=C(c2cccc(Cl)c2)C12C(=O)Nc1cc(Cl)c(F)cc12. The number of nitrogens with one attached hydrogen (secondary N) is 2. The number of amides is 2. The van der Waals surface area contributed by atoms with Crippen molar-refractivity contribution >= 4 is 46.3 Å². The summed E-state index contributed by atoms with van der Waals surface area (Å²) >= 11 is 12.2. The van der Waals surface area contributed by atoms with Crippen molar-refractivity contribution in [2.75, 3.05) is 5.32 Å². The molecule has 2 atom stereocenters. The van der Waals surface area contributed by atoms with E-state index in [0.29, 0.717) is 33.0 Å². The van der Waals surface area contributed by atoms with Crippen molar-refractivity contribution in [2.24, 2.45) is 0 Å². The van der Waals surface area contributed by atoms with Crippen molar-refractivity contribution in [3.05, 3.63) is 105 Å². The van der Waals surface area contributed by atoms with Crippen molar-refractivity contribution < 1.29 is 18.4 Å². The molecule has 1 spiro atoms. The van der Waals surface area contributed by atoms with Gasteiger partial charge in [0.05, 0.1) is 11.1 Å². The summed E-state index contributed by atoms with van der Waals surface area (Å²) in [6, 6.07) is 12.3. The summed E-state index contributed by atoms with van der Waals surface area (Å²) in [5, 5.41) is 5.84. The minimum Gasteiger partial charge on any atom is -0.344 e. The van der Waals surface area contributed by atoms with Crippen molar-refractivity contribution in [1.29, 1.82) is 0 Å². The molecular formula is C25H16Cl2F2N2O2. The van der Waals surface area contributed by atoms with E-state index in [1.165, 1.54) is 30.3 Å². The van der Waals surface area contributed by atoms with Gasteiger partial charge in [0.15, 0.2) is 0 Å². The van der Waals surface area contributed by atoms with Crippen LogP contribution >= 0.6 is 23.2 Å². The monoisotopic (exact) mass is 484 g/mol. The number of carbonyl (C=O) groups is 2. The highest BCUT2D eigenvalue weighted by atomic mass is 35.5. The number of rotatable bonds is 2. The molecule has 0 aromatic heterocycles. The molecule has 2 unspecified atom stereocenters. The van der Waals surface area contributed by atoms with Gasteiger partial charge in [0, 0.05) is 22.3 Å². The Morgan fingerprint density at radius 2 is 1.79 bits per heavy atom. The molecule has 33 heavy (non-hydrogen) atoms. The lowest BCUT2D eigenvalue weighted by Crippen LogP contribution is -2.52. The first-order valence-corrected chi connectivity index (χ1v) is 10.8. The van der Waals surface area contributed by atoms with Gasteiger partial charge in [0.2, 0.25) is 11.8 Å². The summed E-state index contributed by atoms with van der Waals surface area (Å²) in [5.74, 6) is -2.22. The molecule has 0 aliphatic carbocycles. The van der Waals surface area contributed by atoms with Gasteiger partial charge in [-0.2, -0.15) is 0 Å². The fourth-order valence-corrected chi connectivity index (χ4v) is 5.12. The third kappa shape index (κ3) is 3.24. The van der Waals surface area contributed by atoms with Gasteiger partial charge in [-0.15, -0.1) is 0 Å². The van der Waals surface area contributed by atoms with Gasteiger partial charge in [0.25, 0.3) is 0 Å². The Hall–Kier alpha value is -3.22. The third-order valence-corrected chi connectivity index (χ3v) is 6.72. The molecule has 2 amide bonds. The maximum atomic E-state index is 14.7. The van der Waals surface area contributed by atoms with Gasteiger partial charge in [-0.1, -0.05) is 41.4 Å². The quantitative estimate of drug-likeness (QED) is 0.488. The number of fused-ring (bicyclic) bond motifs is 2. The molecule has 2 aliphatic heterocycles. The van der Waals surface area contributed by atoms with Crippen LogP contribution in [0.4, 0.5) is 14.5 Å². The zero-order valence-electron chi connectivity index (χ0n) is 17.2. The summed E-state index contributed by atoms with van der Waals surface area (Å²) in [6.07, 6.45) is 1.30. The third-order valence-electron chi connectivity index (χ3n) is 6.20. The summed E-state index contributed by atoms with van der Waals surface area (Å²) < 4.78 is 29.1. The van der Waals surface area contributed by atoms with E-state index in [1.807, 2.05) is 0 Å². The van der Waals surface area contributed by atoms with Gasteiger partial charge in [-0.05, 0) is 65.6 Å². The van der Waals surface area contributed by atoms with Crippen molar-refractivity contribution in [3.8, 4) is 0 Å². The molecule has 4 nitrogen and oxygen atoms in total. The Labute approximate surface area is 198 Å². The Morgan fingerprint density at radius 3 is 2.55 bits per heavy atom. The average molecular weight is 485 g/mol. The Morgan fingerprint density at radius 1 is 1.00 bits per heavy atom. The van der Waals surface area contributed by atoms with Crippen LogP contribution < -0.4 is 10.6 Å². The van der Waals surface area contributed by atoms with Crippen molar-refractivity contribution in [3.63, 3.8) is 0 Å². The van der Waals surface area contributed by atoms with E-state index < -0.39 is 34.9 Å². The second-order valence-electron chi connectivity index (χ2n) is 8.08. The lowest BCUT2D eigenvalue weighted by Gasteiger charge is -2.42. The first-order valence-electron chi connectivity index (χ1n) is 10.1. The largest absolute Gasteiger partial charge is 0.344 e. The molecule has 3 aromatic rings. The van der Waals surface area contributed by atoms with Crippen LogP contribution in [0.1, 0.15) is 28.3 Å². The zero-order chi connectivity index (χ0) is 23.5. The summed E-state index contributed by atoms with van der Waals surface area (Å²) in [4.78, 5) is 26.6. The molecule has 2 aliphatic rings. The maximum absolute atomic E-state index is 14.7. The lowest BCUT2D eigenvalue weighted by atomic mass is 9.63. The van der Waals surface area contributed by atoms with Crippen LogP contribution in [0.15, 0.2) is 60.7 Å². The zero-order valence-corrected chi connectivity index (χ0v) is 18.7. The molecule has 0 saturated carbocycles. The van der Waals surface area contributed by atoms with E-state index in [0.717, 1.165) is 0 Å². The van der Waals surface area contributed by atoms with Gasteiger partial charge in [-0.25, -0.2) is 8.78 Å². The fourth-order valence-electron chi connectivity index (χ4n) is 4.77. The second kappa shape index (κ2) is 7.68. The molecular weight excluding hydrogens is 469 g/mol. The normalized spacial score (nSPS) is 21.5. The molecule has 8 heteroatoms. The van der Waals surface area contributed by atoms with E-state index in [2.05, 4.69) is 10.6 Å². The number of aryl methyl sites for hydroxylation is 1. The number of anilines is 1. The predicted molar refractivity (Wildman–Crippen MR) is 123 cm³/mol. The van der Waals surface area contributed by atoms with Gasteiger partial charge in [-0.3, -0.25) is 9.59 Å². The molecule has 3 aromatic carbocycles. The van der Waals surface area contributed by atoms with E-state index >= 15 is 0 Å². The second-order valence-corrected chi connectivity index (χ2v) is 8.93. The Balaban J connectivity index is 1.89. The average Bonchev–Trinajstić information content (AvgIpc) is 3.03. The molecule has 2 heterocycles. The summed E-state index contributed by atoms with van der Waals surface area (Å²) in [5.41, 5.74) is 0.884. The van der Waals surface area contributed by atoms with Gasteiger partial charge < -0.3 is 10.6 Å². The minimum absolute atomic E-state index is 0.155. The van der Waals surface area contributed by atoms with Crippen LogP contribution in [0.25, 0.3) is 5.57 Å². The number of hydrogen-bond acceptors (Lipinski definition) is 2. The molecule has 0 radical (unpaired) electrons. The first kappa shape index (κ1) is 21.6. The van der Waals surface area contributed by atoms with Crippen LogP contribution in [-0.2, 0) is 15.0 Å². The Kier molecular flexibility index (Phi) is 5.03. The van der Waals surface area contributed by atoms with Crippen LogP contribution in [-0.4, -0.2) is 11.8 Å². The molecule has 5 rings (SSSR count). The van der Waals surface area contributed by atoms with Crippen molar-refractivity contribution in [2.45, 2.75) is 18.4 Å². The van der Waals surface area contributed by atoms with Crippen LogP contribution in [0, 0.1) is 18.6 Å². The summed E-state index contributed by atoms with van der Waals surface area (Å²) in [6.45, 7) is 1.75.